The van der Waals surface area contributed by atoms with E-state index >= 15 is 0 Å². The number of hydrogen-bond donors (Lipinski definition) is 0. The van der Waals surface area contributed by atoms with Crippen molar-refractivity contribution < 1.29 is 9.18 Å². The average Bonchev–Trinajstić information content (AvgIpc) is 2.30. The summed E-state index contributed by atoms with van der Waals surface area (Å²) in [4.78, 5) is 15.7. The lowest BCUT2D eigenvalue weighted by molar-refractivity contribution is 0.103. The molecule has 0 N–H and O–H groups in total. The smallest absolute Gasteiger partial charge is 0.197 e. The topological polar surface area (TPSA) is 30.0 Å². The van der Waals surface area contributed by atoms with E-state index < -0.39 is 11.6 Å². The zero-order chi connectivity index (χ0) is 11.5. The second kappa shape index (κ2) is 4.41. The monoisotopic (exact) mass is 235 g/mol. The van der Waals surface area contributed by atoms with E-state index in [9.17, 15) is 9.18 Å². The molecule has 0 aliphatic heterocycles. The van der Waals surface area contributed by atoms with Crippen molar-refractivity contribution in [1.29, 1.82) is 0 Å². The zero-order valence-corrected chi connectivity index (χ0v) is 8.91. The third kappa shape index (κ3) is 1.95. The Kier molecular flexibility index (Phi) is 2.97. The second-order valence-electron chi connectivity index (χ2n) is 3.16. The summed E-state index contributed by atoms with van der Waals surface area (Å²) in [5.74, 6) is -1.06. The number of hydrogen-bond acceptors (Lipinski definition) is 2. The summed E-state index contributed by atoms with van der Waals surface area (Å²) in [6.45, 7) is 0. The molecule has 2 rings (SSSR count). The first kappa shape index (κ1) is 10.8. The summed E-state index contributed by atoms with van der Waals surface area (Å²) < 4.78 is 13.5. The van der Waals surface area contributed by atoms with Crippen molar-refractivity contribution in [2.24, 2.45) is 0 Å². The first-order chi connectivity index (χ1) is 7.70. The number of aromatic nitrogens is 1. The van der Waals surface area contributed by atoms with Gasteiger partial charge in [0.25, 0.3) is 0 Å². The van der Waals surface area contributed by atoms with Crippen LogP contribution in [0.5, 0.6) is 0 Å². The number of ketones is 1. The van der Waals surface area contributed by atoms with E-state index in [4.69, 9.17) is 11.6 Å². The molecule has 2 nitrogen and oxygen atoms in total. The maximum Gasteiger partial charge on any atom is 0.197 e. The van der Waals surface area contributed by atoms with Crippen LogP contribution in [0.2, 0.25) is 5.02 Å². The Bertz CT molecular complexity index is 508. The lowest BCUT2D eigenvalue weighted by atomic mass is 10.0. The molecule has 0 amide bonds. The van der Waals surface area contributed by atoms with Crippen LogP contribution in [-0.4, -0.2) is 10.8 Å². The van der Waals surface area contributed by atoms with Crippen molar-refractivity contribution in [3.05, 3.63) is 64.7 Å². The standard InChI is InChI=1S/C12H7ClFNO/c13-9-2-1-3-10(14)11(9)12(16)8-4-6-15-7-5-8/h1-7H. The number of carbonyl (C=O) groups is 1. The highest BCUT2D eigenvalue weighted by Crippen LogP contribution is 2.21. The lowest BCUT2D eigenvalue weighted by Gasteiger charge is -2.04. The van der Waals surface area contributed by atoms with Gasteiger partial charge in [-0.1, -0.05) is 17.7 Å². The van der Waals surface area contributed by atoms with E-state index in [1.807, 2.05) is 0 Å². The summed E-state index contributed by atoms with van der Waals surface area (Å²) in [5, 5.41) is 0.113. The Hall–Kier alpha value is -1.74. The van der Waals surface area contributed by atoms with Crippen LogP contribution in [-0.2, 0) is 0 Å². The van der Waals surface area contributed by atoms with Crippen LogP contribution >= 0.6 is 11.6 Å². The SMILES string of the molecule is O=C(c1ccncc1)c1c(F)cccc1Cl. The number of nitrogens with zero attached hydrogens (tertiary/aromatic N) is 1. The van der Waals surface area contributed by atoms with E-state index in [-0.39, 0.29) is 10.6 Å². The van der Waals surface area contributed by atoms with Crippen LogP contribution in [0.1, 0.15) is 15.9 Å². The number of benzene rings is 1. The van der Waals surface area contributed by atoms with Gasteiger partial charge in [-0.05, 0) is 24.3 Å². The summed E-state index contributed by atoms with van der Waals surface area (Å²) in [5.41, 5.74) is 0.261. The van der Waals surface area contributed by atoms with Crippen LogP contribution < -0.4 is 0 Å². The van der Waals surface area contributed by atoms with Gasteiger partial charge in [0, 0.05) is 18.0 Å². The molecule has 80 valence electrons. The average molecular weight is 236 g/mol. The van der Waals surface area contributed by atoms with E-state index in [1.165, 1.54) is 42.7 Å². The Morgan fingerprint density at radius 3 is 2.50 bits per heavy atom. The molecule has 1 heterocycles. The van der Waals surface area contributed by atoms with Crippen LogP contribution in [0.15, 0.2) is 42.7 Å². The van der Waals surface area contributed by atoms with Gasteiger partial charge in [0.15, 0.2) is 5.78 Å². The molecule has 1 aromatic heterocycles. The summed E-state index contributed by atoms with van der Waals surface area (Å²) >= 11 is 5.80. The molecule has 0 unspecified atom stereocenters. The predicted octanol–water partition coefficient (Wildman–Crippen LogP) is 3.11. The number of rotatable bonds is 2. The number of carbonyl (C=O) groups excluding carboxylic acids is 1. The molecule has 0 fully saturated rings. The molecule has 0 radical (unpaired) electrons. The molecular formula is C12H7ClFNO. The van der Waals surface area contributed by atoms with Crippen molar-refractivity contribution in [1.82, 2.24) is 4.98 Å². The lowest BCUT2D eigenvalue weighted by Crippen LogP contribution is -2.05. The molecule has 0 saturated heterocycles. The maximum absolute atomic E-state index is 13.5. The van der Waals surface area contributed by atoms with Gasteiger partial charge in [0.05, 0.1) is 10.6 Å². The van der Waals surface area contributed by atoms with E-state index in [1.54, 1.807) is 0 Å². The normalized spacial score (nSPS) is 10.1. The van der Waals surface area contributed by atoms with E-state index in [2.05, 4.69) is 4.98 Å². The molecular weight excluding hydrogens is 229 g/mol. The molecule has 0 bridgehead atoms. The third-order valence-corrected chi connectivity index (χ3v) is 2.45. The van der Waals surface area contributed by atoms with Gasteiger partial charge < -0.3 is 0 Å². The van der Waals surface area contributed by atoms with Crippen molar-refractivity contribution in [2.45, 2.75) is 0 Å². The van der Waals surface area contributed by atoms with Crippen molar-refractivity contribution in [2.75, 3.05) is 0 Å². The fourth-order valence-electron chi connectivity index (χ4n) is 1.36. The Labute approximate surface area is 96.7 Å². The molecule has 2 aromatic rings. The second-order valence-corrected chi connectivity index (χ2v) is 3.57. The van der Waals surface area contributed by atoms with Gasteiger partial charge in [0.2, 0.25) is 0 Å². The molecule has 0 saturated carbocycles. The van der Waals surface area contributed by atoms with E-state index in [0.717, 1.165) is 0 Å². The molecule has 4 heteroatoms. The third-order valence-electron chi connectivity index (χ3n) is 2.13. The minimum Gasteiger partial charge on any atom is -0.288 e. The van der Waals surface area contributed by atoms with Gasteiger partial charge in [0.1, 0.15) is 5.82 Å². The predicted molar refractivity (Wildman–Crippen MR) is 59.1 cm³/mol. The van der Waals surface area contributed by atoms with Crippen LogP contribution in [0.25, 0.3) is 0 Å². The Morgan fingerprint density at radius 2 is 1.88 bits per heavy atom. The molecule has 16 heavy (non-hydrogen) atoms. The highest BCUT2D eigenvalue weighted by atomic mass is 35.5. The van der Waals surface area contributed by atoms with Gasteiger partial charge in [-0.15, -0.1) is 0 Å². The number of halogens is 2. The molecule has 0 aliphatic rings. The van der Waals surface area contributed by atoms with Crippen molar-refractivity contribution in [3.8, 4) is 0 Å². The van der Waals surface area contributed by atoms with Gasteiger partial charge >= 0.3 is 0 Å². The van der Waals surface area contributed by atoms with Crippen molar-refractivity contribution >= 4 is 17.4 Å². The summed E-state index contributed by atoms with van der Waals surface area (Å²) in [7, 11) is 0. The fourth-order valence-corrected chi connectivity index (χ4v) is 1.61. The largest absolute Gasteiger partial charge is 0.288 e. The Morgan fingerprint density at radius 1 is 1.19 bits per heavy atom. The minimum absolute atomic E-state index is 0.102. The zero-order valence-electron chi connectivity index (χ0n) is 8.15. The highest BCUT2D eigenvalue weighted by Gasteiger charge is 2.16. The van der Waals surface area contributed by atoms with Crippen LogP contribution in [0.3, 0.4) is 0 Å². The van der Waals surface area contributed by atoms with Crippen LogP contribution in [0.4, 0.5) is 4.39 Å². The van der Waals surface area contributed by atoms with Gasteiger partial charge in [-0.25, -0.2) is 4.39 Å². The summed E-state index contributed by atoms with van der Waals surface area (Å²) in [6, 6.07) is 7.19. The first-order valence-electron chi connectivity index (χ1n) is 4.59. The van der Waals surface area contributed by atoms with Gasteiger partial charge in [-0.2, -0.15) is 0 Å². The van der Waals surface area contributed by atoms with Gasteiger partial charge in [-0.3, -0.25) is 9.78 Å². The summed E-state index contributed by atoms with van der Waals surface area (Å²) in [6.07, 6.45) is 2.95. The fraction of sp³-hybridized carbons (Fsp3) is 0. The van der Waals surface area contributed by atoms with Crippen molar-refractivity contribution in [3.63, 3.8) is 0 Å². The Balaban J connectivity index is 2.50. The molecule has 1 aromatic carbocycles. The van der Waals surface area contributed by atoms with Crippen LogP contribution in [0, 0.1) is 5.82 Å². The minimum atomic E-state index is -0.616. The molecule has 0 spiro atoms. The molecule has 0 aliphatic carbocycles. The van der Waals surface area contributed by atoms with E-state index in [0.29, 0.717) is 5.56 Å². The number of pyridine rings is 1. The first-order valence-corrected chi connectivity index (χ1v) is 4.96. The molecule has 0 atom stereocenters. The maximum atomic E-state index is 13.5. The quantitative estimate of drug-likeness (QED) is 0.749. The highest BCUT2D eigenvalue weighted by molar-refractivity contribution is 6.35.